The van der Waals surface area contributed by atoms with E-state index in [1.54, 1.807) is 0 Å². The van der Waals surface area contributed by atoms with Crippen LogP contribution >= 0.6 is 0 Å². The zero-order valence-corrected chi connectivity index (χ0v) is 11.1. The second-order valence-corrected chi connectivity index (χ2v) is 4.52. The lowest BCUT2D eigenvalue weighted by atomic mass is 10.2. The molecule has 0 amide bonds. The van der Waals surface area contributed by atoms with Gasteiger partial charge >= 0.3 is 0 Å². The number of nitrogens with zero attached hydrogens (tertiary/aromatic N) is 3. The molecule has 2 aromatic rings. The average Bonchev–Trinajstić information content (AvgIpc) is 2.48. The molecule has 0 aliphatic carbocycles. The summed E-state index contributed by atoms with van der Waals surface area (Å²) in [5.74, 6) is 1.70. The van der Waals surface area contributed by atoms with Crippen molar-refractivity contribution >= 4 is 22.7 Å². The number of morpholine rings is 1. The Bertz CT molecular complexity index is 566. The van der Waals surface area contributed by atoms with Crippen molar-refractivity contribution in [1.82, 2.24) is 9.97 Å². The van der Waals surface area contributed by atoms with Gasteiger partial charge in [0.2, 0.25) is 5.95 Å². The predicted molar refractivity (Wildman–Crippen MR) is 76.7 cm³/mol. The molecule has 5 nitrogen and oxygen atoms in total. The molecule has 0 radical (unpaired) electrons. The van der Waals surface area contributed by atoms with E-state index >= 15 is 0 Å². The summed E-state index contributed by atoms with van der Waals surface area (Å²) in [5.41, 5.74) is 0.981. The zero-order chi connectivity index (χ0) is 13.1. The third-order valence-electron chi connectivity index (χ3n) is 3.23. The highest BCUT2D eigenvalue weighted by Gasteiger charge is 2.16. The monoisotopic (exact) mass is 258 g/mol. The summed E-state index contributed by atoms with van der Waals surface area (Å²) in [6.07, 6.45) is 0. The molecule has 5 heteroatoms. The molecule has 1 fully saturated rings. The summed E-state index contributed by atoms with van der Waals surface area (Å²) in [4.78, 5) is 11.5. The molecular formula is C14H18N4O. The van der Waals surface area contributed by atoms with Crippen LogP contribution in [0.2, 0.25) is 0 Å². The topological polar surface area (TPSA) is 50.3 Å². The number of rotatable bonds is 3. The molecule has 0 bridgehead atoms. The lowest BCUT2D eigenvalue weighted by Gasteiger charge is -2.27. The molecule has 100 valence electrons. The molecule has 0 saturated carbocycles. The molecule has 1 aromatic carbocycles. The van der Waals surface area contributed by atoms with E-state index in [0.29, 0.717) is 0 Å². The summed E-state index contributed by atoms with van der Waals surface area (Å²) < 4.78 is 5.37. The molecule has 0 unspecified atom stereocenters. The first-order valence-corrected chi connectivity index (χ1v) is 6.72. The number of para-hydroxylation sites is 1. The first-order chi connectivity index (χ1) is 9.38. The van der Waals surface area contributed by atoms with Crippen LogP contribution in [0.3, 0.4) is 0 Å². The Labute approximate surface area is 112 Å². The minimum atomic E-state index is 0.743. The Morgan fingerprint density at radius 3 is 2.79 bits per heavy atom. The van der Waals surface area contributed by atoms with E-state index in [4.69, 9.17) is 4.74 Å². The van der Waals surface area contributed by atoms with Gasteiger partial charge in [0.25, 0.3) is 0 Å². The third kappa shape index (κ3) is 2.46. The maximum atomic E-state index is 5.37. The number of fused-ring (bicyclic) bond motifs is 1. The van der Waals surface area contributed by atoms with E-state index in [0.717, 1.165) is 55.5 Å². The number of aromatic nitrogens is 2. The fraction of sp³-hybridized carbons (Fsp3) is 0.429. The fourth-order valence-electron chi connectivity index (χ4n) is 2.27. The predicted octanol–water partition coefficient (Wildman–Crippen LogP) is 1.90. The highest BCUT2D eigenvalue weighted by molar-refractivity contribution is 5.90. The highest BCUT2D eigenvalue weighted by atomic mass is 16.5. The maximum Gasteiger partial charge on any atom is 0.228 e. The molecular weight excluding hydrogens is 240 g/mol. The standard InChI is InChI=1S/C14H18N4O/c1-2-15-13-11-5-3-4-6-12(11)16-14(17-13)18-7-9-19-10-8-18/h3-6H,2,7-10H2,1H3,(H,15,16,17). The Balaban J connectivity index is 2.04. The minimum absolute atomic E-state index is 0.743. The normalized spacial score (nSPS) is 15.7. The van der Waals surface area contributed by atoms with Crippen molar-refractivity contribution in [1.29, 1.82) is 0 Å². The summed E-state index contributed by atoms with van der Waals surface area (Å²) in [7, 11) is 0. The van der Waals surface area contributed by atoms with Gasteiger partial charge in [-0.1, -0.05) is 12.1 Å². The van der Waals surface area contributed by atoms with Gasteiger partial charge in [-0.15, -0.1) is 0 Å². The van der Waals surface area contributed by atoms with Crippen LogP contribution in [-0.2, 0) is 4.74 Å². The number of hydrogen-bond acceptors (Lipinski definition) is 5. The molecule has 1 aliphatic rings. The van der Waals surface area contributed by atoms with Crippen LogP contribution in [0.15, 0.2) is 24.3 Å². The van der Waals surface area contributed by atoms with Gasteiger partial charge in [-0.3, -0.25) is 0 Å². The van der Waals surface area contributed by atoms with Gasteiger partial charge in [-0.25, -0.2) is 4.98 Å². The van der Waals surface area contributed by atoms with Gasteiger partial charge < -0.3 is 15.0 Å². The van der Waals surface area contributed by atoms with Crippen molar-refractivity contribution in [3.05, 3.63) is 24.3 Å². The van der Waals surface area contributed by atoms with Crippen LogP contribution in [-0.4, -0.2) is 42.8 Å². The zero-order valence-electron chi connectivity index (χ0n) is 11.1. The van der Waals surface area contributed by atoms with E-state index < -0.39 is 0 Å². The lowest BCUT2D eigenvalue weighted by molar-refractivity contribution is 0.122. The summed E-state index contributed by atoms with van der Waals surface area (Å²) >= 11 is 0. The van der Waals surface area contributed by atoms with Crippen molar-refractivity contribution in [2.45, 2.75) is 6.92 Å². The molecule has 1 aromatic heterocycles. The second kappa shape index (κ2) is 5.40. The Morgan fingerprint density at radius 2 is 2.00 bits per heavy atom. The lowest BCUT2D eigenvalue weighted by Crippen LogP contribution is -2.37. The second-order valence-electron chi connectivity index (χ2n) is 4.52. The van der Waals surface area contributed by atoms with Gasteiger partial charge in [0, 0.05) is 25.0 Å². The maximum absolute atomic E-state index is 5.37. The summed E-state index contributed by atoms with van der Waals surface area (Å²) in [6, 6.07) is 8.10. The van der Waals surface area contributed by atoms with Crippen LogP contribution in [0.25, 0.3) is 10.9 Å². The van der Waals surface area contributed by atoms with Gasteiger partial charge in [0.15, 0.2) is 0 Å². The first kappa shape index (κ1) is 12.2. The van der Waals surface area contributed by atoms with Gasteiger partial charge in [0.05, 0.1) is 18.7 Å². The first-order valence-electron chi connectivity index (χ1n) is 6.72. The number of benzene rings is 1. The molecule has 2 heterocycles. The van der Waals surface area contributed by atoms with Crippen molar-refractivity contribution < 1.29 is 4.74 Å². The number of nitrogens with one attached hydrogen (secondary N) is 1. The van der Waals surface area contributed by atoms with Crippen LogP contribution < -0.4 is 10.2 Å². The van der Waals surface area contributed by atoms with Gasteiger partial charge in [-0.05, 0) is 19.1 Å². The van der Waals surface area contributed by atoms with Crippen molar-refractivity contribution in [3.8, 4) is 0 Å². The average molecular weight is 258 g/mol. The van der Waals surface area contributed by atoms with Crippen LogP contribution in [0.5, 0.6) is 0 Å². The van der Waals surface area contributed by atoms with Crippen LogP contribution in [0.1, 0.15) is 6.92 Å². The van der Waals surface area contributed by atoms with Crippen molar-refractivity contribution in [2.24, 2.45) is 0 Å². The van der Waals surface area contributed by atoms with Crippen LogP contribution in [0, 0.1) is 0 Å². The molecule has 3 rings (SSSR count). The van der Waals surface area contributed by atoms with Crippen LogP contribution in [0.4, 0.5) is 11.8 Å². The van der Waals surface area contributed by atoms with E-state index in [1.165, 1.54) is 0 Å². The highest BCUT2D eigenvalue weighted by Crippen LogP contribution is 2.23. The Hall–Kier alpha value is -1.88. The molecule has 1 saturated heterocycles. The van der Waals surface area contributed by atoms with E-state index in [1.807, 2.05) is 18.2 Å². The summed E-state index contributed by atoms with van der Waals surface area (Å²) in [6.45, 7) is 6.11. The van der Waals surface area contributed by atoms with Crippen molar-refractivity contribution in [2.75, 3.05) is 43.1 Å². The fourth-order valence-corrected chi connectivity index (χ4v) is 2.27. The molecule has 0 atom stereocenters. The number of hydrogen-bond donors (Lipinski definition) is 1. The largest absolute Gasteiger partial charge is 0.378 e. The van der Waals surface area contributed by atoms with E-state index in [2.05, 4.69) is 33.2 Å². The SMILES string of the molecule is CCNc1nc(N2CCOCC2)nc2ccccc12. The molecule has 0 spiro atoms. The Kier molecular flexibility index (Phi) is 3.46. The molecule has 1 aliphatic heterocycles. The quantitative estimate of drug-likeness (QED) is 0.911. The van der Waals surface area contributed by atoms with Gasteiger partial charge in [-0.2, -0.15) is 4.98 Å². The Morgan fingerprint density at radius 1 is 1.21 bits per heavy atom. The van der Waals surface area contributed by atoms with Gasteiger partial charge in [0.1, 0.15) is 5.82 Å². The molecule has 1 N–H and O–H groups in total. The third-order valence-corrected chi connectivity index (χ3v) is 3.23. The van der Waals surface area contributed by atoms with E-state index in [-0.39, 0.29) is 0 Å². The number of ether oxygens (including phenoxy) is 1. The van der Waals surface area contributed by atoms with Crippen molar-refractivity contribution in [3.63, 3.8) is 0 Å². The molecule has 19 heavy (non-hydrogen) atoms. The summed E-state index contributed by atoms with van der Waals surface area (Å²) in [5, 5.41) is 4.39. The number of anilines is 2. The minimum Gasteiger partial charge on any atom is -0.378 e. The van der Waals surface area contributed by atoms with E-state index in [9.17, 15) is 0 Å². The smallest absolute Gasteiger partial charge is 0.228 e.